The highest BCUT2D eigenvalue weighted by Crippen LogP contribution is 2.20. The third kappa shape index (κ3) is 2.96. The van der Waals surface area contributed by atoms with E-state index in [9.17, 15) is 4.79 Å². The first-order chi connectivity index (χ1) is 9.61. The molecule has 0 radical (unpaired) electrons. The van der Waals surface area contributed by atoms with Crippen molar-refractivity contribution in [3.8, 4) is 0 Å². The average molecular weight is 269 g/mol. The SMILES string of the molecule is C[C@@H](c1ccccc1)N(C)C(=O)N(C)c1ccccn1. The lowest BCUT2D eigenvalue weighted by Crippen LogP contribution is -2.40. The summed E-state index contributed by atoms with van der Waals surface area (Å²) in [5.41, 5.74) is 1.11. The number of carbonyl (C=O) groups excluding carboxylic acids is 1. The van der Waals surface area contributed by atoms with Gasteiger partial charge in [0.15, 0.2) is 0 Å². The molecule has 4 heteroatoms. The molecule has 1 aromatic heterocycles. The number of aromatic nitrogens is 1. The van der Waals surface area contributed by atoms with Gasteiger partial charge in [-0.3, -0.25) is 4.90 Å². The van der Waals surface area contributed by atoms with Gasteiger partial charge in [0.05, 0.1) is 6.04 Å². The first-order valence-electron chi connectivity index (χ1n) is 6.57. The van der Waals surface area contributed by atoms with Crippen molar-refractivity contribution in [2.45, 2.75) is 13.0 Å². The molecule has 1 aromatic carbocycles. The fraction of sp³-hybridized carbons (Fsp3) is 0.250. The number of carbonyl (C=O) groups is 1. The van der Waals surface area contributed by atoms with Gasteiger partial charge >= 0.3 is 6.03 Å². The number of rotatable bonds is 3. The normalized spacial score (nSPS) is 11.8. The quantitative estimate of drug-likeness (QED) is 0.857. The first kappa shape index (κ1) is 14.1. The van der Waals surface area contributed by atoms with Gasteiger partial charge in [0, 0.05) is 20.3 Å². The van der Waals surface area contributed by atoms with E-state index in [2.05, 4.69) is 4.98 Å². The molecule has 2 aromatic rings. The average Bonchev–Trinajstić information content (AvgIpc) is 2.53. The fourth-order valence-electron chi connectivity index (χ4n) is 2.01. The molecule has 0 saturated heterocycles. The van der Waals surface area contributed by atoms with E-state index in [1.807, 2.05) is 55.5 Å². The molecule has 0 N–H and O–H groups in total. The largest absolute Gasteiger partial charge is 0.325 e. The molecule has 2 amide bonds. The Labute approximate surface area is 119 Å². The predicted molar refractivity (Wildman–Crippen MR) is 80.7 cm³/mol. The van der Waals surface area contributed by atoms with Crippen molar-refractivity contribution in [1.82, 2.24) is 9.88 Å². The minimum absolute atomic E-state index is 0.00913. The van der Waals surface area contributed by atoms with Crippen molar-refractivity contribution in [3.63, 3.8) is 0 Å². The second kappa shape index (κ2) is 6.19. The second-order valence-corrected chi connectivity index (χ2v) is 4.73. The molecule has 0 fully saturated rings. The van der Waals surface area contributed by atoms with E-state index in [-0.39, 0.29) is 12.1 Å². The topological polar surface area (TPSA) is 36.4 Å². The van der Waals surface area contributed by atoms with E-state index in [1.165, 1.54) is 0 Å². The van der Waals surface area contributed by atoms with Crippen molar-refractivity contribution in [1.29, 1.82) is 0 Å². The Kier molecular flexibility index (Phi) is 4.35. The van der Waals surface area contributed by atoms with E-state index in [1.54, 1.807) is 30.1 Å². The molecule has 2 rings (SSSR count). The Bertz CT molecular complexity index is 556. The van der Waals surface area contributed by atoms with Crippen molar-refractivity contribution in [3.05, 3.63) is 60.3 Å². The van der Waals surface area contributed by atoms with E-state index < -0.39 is 0 Å². The minimum Gasteiger partial charge on any atom is -0.321 e. The van der Waals surface area contributed by atoms with Crippen LogP contribution in [0.2, 0.25) is 0 Å². The van der Waals surface area contributed by atoms with E-state index >= 15 is 0 Å². The first-order valence-corrected chi connectivity index (χ1v) is 6.57. The number of anilines is 1. The Morgan fingerprint density at radius 2 is 1.70 bits per heavy atom. The zero-order valence-corrected chi connectivity index (χ0v) is 12.0. The molecule has 1 atom stereocenters. The van der Waals surface area contributed by atoms with Crippen LogP contribution in [0.1, 0.15) is 18.5 Å². The van der Waals surface area contributed by atoms with Crippen molar-refractivity contribution in [2.24, 2.45) is 0 Å². The predicted octanol–water partition coefficient (Wildman–Crippen LogP) is 3.33. The molecule has 0 aliphatic carbocycles. The maximum atomic E-state index is 12.5. The Hall–Kier alpha value is -2.36. The van der Waals surface area contributed by atoms with Gasteiger partial charge in [-0.2, -0.15) is 0 Å². The fourth-order valence-corrected chi connectivity index (χ4v) is 2.01. The number of hydrogen-bond acceptors (Lipinski definition) is 2. The highest BCUT2D eigenvalue weighted by molar-refractivity contribution is 5.90. The number of nitrogens with zero attached hydrogens (tertiary/aromatic N) is 3. The molecule has 20 heavy (non-hydrogen) atoms. The molecule has 0 spiro atoms. The van der Waals surface area contributed by atoms with Gasteiger partial charge in [0.2, 0.25) is 0 Å². The van der Waals surface area contributed by atoms with Crippen LogP contribution in [-0.4, -0.2) is 30.0 Å². The standard InChI is InChI=1S/C16H19N3O/c1-13(14-9-5-4-6-10-14)18(2)16(20)19(3)15-11-7-8-12-17-15/h4-13H,1-3H3/t13-/m0/s1. The minimum atomic E-state index is -0.0833. The summed E-state index contributed by atoms with van der Waals surface area (Å²) in [5, 5.41) is 0. The smallest absolute Gasteiger partial charge is 0.321 e. The highest BCUT2D eigenvalue weighted by atomic mass is 16.2. The molecule has 0 aliphatic rings. The van der Waals surface area contributed by atoms with Crippen LogP contribution < -0.4 is 4.90 Å². The van der Waals surface area contributed by atoms with Gasteiger partial charge in [0.1, 0.15) is 5.82 Å². The third-order valence-corrected chi connectivity index (χ3v) is 3.44. The van der Waals surface area contributed by atoms with Crippen molar-refractivity contribution < 1.29 is 4.79 Å². The van der Waals surface area contributed by atoms with Crippen LogP contribution in [0.5, 0.6) is 0 Å². The maximum absolute atomic E-state index is 12.5. The van der Waals surface area contributed by atoms with Gasteiger partial charge in [-0.1, -0.05) is 36.4 Å². The Balaban J connectivity index is 2.13. The Morgan fingerprint density at radius 3 is 2.30 bits per heavy atom. The number of pyridine rings is 1. The summed E-state index contributed by atoms with van der Waals surface area (Å²) in [7, 11) is 3.54. The lowest BCUT2D eigenvalue weighted by Gasteiger charge is -2.29. The van der Waals surface area contributed by atoms with Gasteiger partial charge in [0.25, 0.3) is 0 Å². The summed E-state index contributed by atoms with van der Waals surface area (Å²) in [4.78, 5) is 19.9. The highest BCUT2D eigenvalue weighted by Gasteiger charge is 2.21. The number of hydrogen-bond donors (Lipinski definition) is 0. The monoisotopic (exact) mass is 269 g/mol. The second-order valence-electron chi connectivity index (χ2n) is 4.73. The van der Waals surface area contributed by atoms with Crippen LogP contribution >= 0.6 is 0 Å². The molecule has 4 nitrogen and oxygen atoms in total. The third-order valence-electron chi connectivity index (χ3n) is 3.44. The number of benzene rings is 1. The molecular weight excluding hydrogens is 250 g/mol. The Morgan fingerprint density at radius 1 is 1.05 bits per heavy atom. The molecule has 0 saturated carbocycles. The molecule has 1 heterocycles. The number of urea groups is 1. The summed E-state index contributed by atoms with van der Waals surface area (Å²) in [6.07, 6.45) is 1.68. The number of amides is 2. The van der Waals surface area contributed by atoms with E-state index in [4.69, 9.17) is 0 Å². The lowest BCUT2D eigenvalue weighted by molar-refractivity contribution is 0.202. The maximum Gasteiger partial charge on any atom is 0.325 e. The zero-order valence-electron chi connectivity index (χ0n) is 12.0. The van der Waals surface area contributed by atoms with Gasteiger partial charge in [-0.25, -0.2) is 9.78 Å². The lowest BCUT2D eigenvalue weighted by atomic mass is 10.1. The van der Waals surface area contributed by atoms with Crippen molar-refractivity contribution in [2.75, 3.05) is 19.0 Å². The van der Waals surface area contributed by atoms with Crippen LogP contribution in [0.15, 0.2) is 54.7 Å². The van der Waals surface area contributed by atoms with Crippen LogP contribution in [-0.2, 0) is 0 Å². The molecular formula is C16H19N3O. The van der Waals surface area contributed by atoms with Crippen molar-refractivity contribution >= 4 is 11.8 Å². The van der Waals surface area contributed by atoms with Gasteiger partial charge in [-0.15, -0.1) is 0 Å². The van der Waals surface area contributed by atoms with E-state index in [0.717, 1.165) is 5.56 Å². The van der Waals surface area contributed by atoms with Gasteiger partial charge < -0.3 is 4.90 Å². The summed E-state index contributed by atoms with van der Waals surface area (Å²) in [6, 6.07) is 15.4. The molecule has 0 bridgehead atoms. The summed E-state index contributed by atoms with van der Waals surface area (Å²) in [6.45, 7) is 2.01. The summed E-state index contributed by atoms with van der Waals surface area (Å²) in [5.74, 6) is 0.643. The summed E-state index contributed by atoms with van der Waals surface area (Å²) < 4.78 is 0. The summed E-state index contributed by atoms with van der Waals surface area (Å²) >= 11 is 0. The van der Waals surface area contributed by atoms with Crippen LogP contribution in [0.25, 0.3) is 0 Å². The van der Waals surface area contributed by atoms with Crippen LogP contribution in [0.4, 0.5) is 10.6 Å². The van der Waals surface area contributed by atoms with Gasteiger partial charge in [-0.05, 0) is 24.6 Å². The van der Waals surface area contributed by atoms with Crippen LogP contribution in [0.3, 0.4) is 0 Å². The van der Waals surface area contributed by atoms with E-state index in [0.29, 0.717) is 5.82 Å². The zero-order chi connectivity index (χ0) is 14.5. The molecule has 0 unspecified atom stereocenters. The molecule has 0 aliphatic heterocycles. The van der Waals surface area contributed by atoms with Crippen LogP contribution in [0, 0.1) is 0 Å². The molecule has 104 valence electrons.